The Kier molecular flexibility index (Phi) is 5.07. The Balaban J connectivity index is 1.86. The van der Waals surface area contributed by atoms with Gasteiger partial charge in [-0.2, -0.15) is 0 Å². The van der Waals surface area contributed by atoms with Gasteiger partial charge in [0.1, 0.15) is 0 Å². The van der Waals surface area contributed by atoms with Gasteiger partial charge in [0.15, 0.2) is 0 Å². The van der Waals surface area contributed by atoms with Crippen LogP contribution in [0.15, 0.2) is 15.9 Å². The van der Waals surface area contributed by atoms with Crippen molar-refractivity contribution in [3.8, 4) is 0 Å². The molecule has 1 fully saturated rings. The molecule has 0 radical (unpaired) electrons. The van der Waals surface area contributed by atoms with Gasteiger partial charge in [-0.05, 0) is 71.4 Å². The number of hydrogen-bond donors (Lipinski definition) is 1. The third kappa shape index (κ3) is 4.72. The van der Waals surface area contributed by atoms with E-state index in [1.165, 1.54) is 41.6 Å². The molecule has 0 saturated heterocycles. The van der Waals surface area contributed by atoms with Crippen LogP contribution in [0.1, 0.15) is 38.0 Å². The van der Waals surface area contributed by atoms with E-state index in [1.807, 2.05) is 11.3 Å². The Morgan fingerprint density at radius 1 is 1.47 bits per heavy atom. The second-order valence-electron chi connectivity index (χ2n) is 5.57. The zero-order valence-electron chi connectivity index (χ0n) is 10.7. The lowest BCUT2D eigenvalue weighted by Crippen LogP contribution is -2.27. The van der Waals surface area contributed by atoms with Crippen molar-refractivity contribution < 1.29 is 0 Å². The summed E-state index contributed by atoms with van der Waals surface area (Å²) >= 11 is 5.52. The molecule has 1 aromatic heterocycles. The molecule has 0 aliphatic heterocycles. The second-order valence-corrected chi connectivity index (χ2v) is 7.43. The molecule has 0 spiro atoms. The van der Waals surface area contributed by atoms with E-state index >= 15 is 0 Å². The minimum atomic E-state index is 0.783. The maximum absolute atomic E-state index is 3.68. The van der Waals surface area contributed by atoms with Crippen molar-refractivity contribution in [1.29, 1.82) is 0 Å². The third-order valence-corrected chi connectivity index (χ3v) is 5.19. The second kappa shape index (κ2) is 6.35. The molecule has 2 rings (SSSR count). The normalized spacial score (nSPS) is 17.6. The molecule has 1 unspecified atom stereocenters. The SMILES string of the molecule is CC(C)CC(CNC1CC1)Cc1sccc1Br. The number of nitrogens with one attached hydrogen (secondary N) is 1. The summed E-state index contributed by atoms with van der Waals surface area (Å²) in [7, 11) is 0. The van der Waals surface area contributed by atoms with E-state index in [9.17, 15) is 0 Å². The Morgan fingerprint density at radius 2 is 2.24 bits per heavy atom. The van der Waals surface area contributed by atoms with Crippen LogP contribution in [0.25, 0.3) is 0 Å². The average Bonchev–Trinajstić information content (AvgIpc) is 3.00. The van der Waals surface area contributed by atoms with Crippen LogP contribution in [0.5, 0.6) is 0 Å². The van der Waals surface area contributed by atoms with Crippen LogP contribution >= 0.6 is 27.3 Å². The van der Waals surface area contributed by atoms with Crippen molar-refractivity contribution >= 4 is 27.3 Å². The van der Waals surface area contributed by atoms with Crippen molar-refractivity contribution in [1.82, 2.24) is 5.32 Å². The predicted molar refractivity (Wildman–Crippen MR) is 79.7 cm³/mol. The molecular weight excluding hydrogens is 294 g/mol. The van der Waals surface area contributed by atoms with Gasteiger partial charge in [-0.15, -0.1) is 11.3 Å². The average molecular weight is 316 g/mol. The monoisotopic (exact) mass is 315 g/mol. The fourth-order valence-corrected chi connectivity index (χ4v) is 3.89. The lowest BCUT2D eigenvalue weighted by molar-refractivity contribution is 0.385. The molecule has 17 heavy (non-hydrogen) atoms. The van der Waals surface area contributed by atoms with Crippen LogP contribution in [0, 0.1) is 11.8 Å². The van der Waals surface area contributed by atoms with Crippen molar-refractivity contribution in [2.24, 2.45) is 11.8 Å². The van der Waals surface area contributed by atoms with E-state index < -0.39 is 0 Å². The standard InChI is InChI=1S/C14H22BrNS/c1-10(2)7-11(9-16-12-3-4-12)8-14-13(15)5-6-17-14/h5-6,10-12,16H,3-4,7-9H2,1-2H3. The van der Waals surface area contributed by atoms with Crippen molar-refractivity contribution in [3.63, 3.8) is 0 Å². The highest BCUT2D eigenvalue weighted by molar-refractivity contribution is 9.10. The Bertz CT molecular complexity index is 344. The van der Waals surface area contributed by atoms with E-state index in [2.05, 4.69) is 46.5 Å². The molecule has 1 nitrogen and oxygen atoms in total. The first-order chi connectivity index (χ1) is 8.15. The van der Waals surface area contributed by atoms with E-state index in [0.29, 0.717) is 0 Å². The van der Waals surface area contributed by atoms with Gasteiger partial charge in [-0.3, -0.25) is 0 Å². The first-order valence-electron chi connectivity index (χ1n) is 6.60. The summed E-state index contributed by atoms with van der Waals surface area (Å²) in [5.74, 6) is 1.57. The predicted octanol–water partition coefficient (Wildman–Crippen LogP) is 4.47. The molecule has 1 aliphatic carbocycles. The van der Waals surface area contributed by atoms with Crippen molar-refractivity contribution in [3.05, 3.63) is 20.8 Å². The summed E-state index contributed by atoms with van der Waals surface area (Å²) < 4.78 is 1.29. The van der Waals surface area contributed by atoms with E-state index in [0.717, 1.165) is 17.9 Å². The quantitative estimate of drug-likeness (QED) is 0.783. The smallest absolute Gasteiger partial charge is 0.0314 e. The molecule has 0 aromatic carbocycles. The molecule has 1 atom stereocenters. The van der Waals surface area contributed by atoms with Gasteiger partial charge < -0.3 is 5.32 Å². The van der Waals surface area contributed by atoms with Crippen LogP contribution in [0.4, 0.5) is 0 Å². The molecule has 1 heterocycles. The number of hydrogen-bond acceptors (Lipinski definition) is 2. The minimum Gasteiger partial charge on any atom is -0.314 e. The summed E-state index contributed by atoms with van der Waals surface area (Å²) in [5.41, 5.74) is 0. The molecule has 1 saturated carbocycles. The zero-order chi connectivity index (χ0) is 12.3. The fraction of sp³-hybridized carbons (Fsp3) is 0.714. The summed E-state index contributed by atoms with van der Waals surface area (Å²) in [6.45, 7) is 5.84. The van der Waals surface area contributed by atoms with Gasteiger partial charge in [0, 0.05) is 15.4 Å². The Morgan fingerprint density at radius 3 is 2.76 bits per heavy atom. The first kappa shape index (κ1) is 13.6. The lowest BCUT2D eigenvalue weighted by Gasteiger charge is -2.19. The van der Waals surface area contributed by atoms with E-state index in [-0.39, 0.29) is 0 Å². The molecule has 0 amide bonds. The summed E-state index contributed by atoms with van der Waals surface area (Å²) in [4.78, 5) is 1.51. The summed E-state index contributed by atoms with van der Waals surface area (Å²) in [6.07, 6.45) is 5.31. The Hall–Kier alpha value is 0.140. The molecule has 1 N–H and O–H groups in total. The molecule has 3 heteroatoms. The van der Waals surface area contributed by atoms with Gasteiger partial charge in [0.25, 0.3) is 0 Å². The Labute approximate surface area is 117 Å². The highest BCUT2D eigenvalue weighted by Crippen LogP contribution is 2.28. The number of halogens is 1. The molecule has 0 bridgehead atoms. The van der Waals surface area contributed by atoms with Gasteiger partial charge in [0.05, 0.1) is 0 Å². The van der Waals surface area contributed by atoms with Crippen molar-refractivity contribution in [2.75, 3.05) is 6.54 Å². The van der Waals surface area contributed by atoms with Gasteiger partial charge >= 0.3 is 0 Å². The van der Waals surface area contributed by atoms with E-state index in [4.69, 9.17) is 0 Å². The van der Waals surface area contributed by atoms with Crippen LogP contribution in [0.2, 0.25) is 0 Å². The third-order valence-electron chi connectivity index (χ3n) is 3.24. The van der Waals surface area contributed by atoms with Crippen LogP contribution in [-0.2, 0) is 6.42 Å². The molecule has 96 valence electrons. The first-order valence-corrected chi connectivity index (χ1v) is 8.27. The van der Waals surface area contributed by atoms with Gasteiger partial charge in [-0.1, -0.05) is 13.8 Å². The lowest BCUT2D eigenvalue weighted by atomic mass is 9.93. The van der Waals surface area contributed by atoms with Gasteiger partial charge in [0.2, 0.25) is 0 Å². The van der Waals surface area contributed by atoms with Crippen LogP contribution < -0.4 is 5.32 Å². The van der Waals surface area contributed by atoms with Crippen LogP contribution in [0.3, 0.4) is 0 Å². The number of thiophene rings is 1. The summed E-state index contributed by atoms with van der Waals surface area (Å²) in [6, 6.07) is 3.00. The maximum Gasteiger partial charge on any atom is 0.0314 e. The maximum atomic E-state index is 3.68. The van der Waals surface area contributed by atoms with E-state index in [1.54, 1.807) is 0 Å². The highest BCUT2D eigenvalue weighted by Gasteiger charge is 2.22. The van der Waals surface area contributed by atoms with Crippen LogP contribution in [-0.4, -0.2) is 12.6 Å². The molecule has 1 aromatic rings. The topological polar surface area (TPSA) is 12.0 Å². The fourth-order valence-electron chi connectivity index (χ4n) is 2.26. The minimum absolute atomic E-state index is 0.783. The number of rotatable bonds is 7. The summed E-state index contributed by atoms with van der Waals surface area (Å²) in [5, 5.41) is 5.86. The van der Waals surface area contributed by atoms with Crippen molar-refractivity contribution in [2.45, 2.75) is 45.6 Å². The highest BCUT2D eigenvalue weighted by atomic mass is 79.9. The van der Waals surface area contributed by atoms with Gasteiger partial charge in [-0.25, -0.2) is 0 Å². The molecular formula is C14H22BrNS. The largest absolute Gasteiger partial charge is 0.314 e. The molecule has 1 aliphatic rings. The zero-order valence-corrected chi connectivity index (χ0v) is 13.1.